The minimum Gasteiger partial charge on any atom is -0.507 e. The van der Waals surface area contributed by atoms with Crippen molar-refractivity contribution in [2.75, 3.05) is 44.4 Å². The second kappa shape index (κ2) is 10.2. The molecule has 3 aromatic rings. The molecule has 0 saturated carbocycles. The first-order valence-electron chi connectivity index (χ1n) is 10.9. The van der Waals surface area contributed by atoms with E-state index in [1.165, 1.54) is 0 Å². The van der Waals surface area contributed by atoms with Crippen molar-refractivity contribution in [2.45, 2.75) is 18.9 Å². The summed E-state index contributed by atoms with van der Waals surface area (Å²) >= 11 is 0. The van der Waals surface area contributed by atoms with Crippen molar-refractivity contribution in [3.05, 3.63) is 54.4 Å². The molecule has 0 unspecified atom stereocenters. The Bertz CT molecular complexity index is 1160. The lowest BCUT2D eigenvalue weighted by molar-refractivity contribution is 0.171. The lowest BCUT2D eigenvalue weighted by atomic mass is 10.1. The van der Waals surface area contributed by atoms with Crippen molar-refractivity contribution >= 4 is 11.5 Å². The molecule has 0 radical (unpaired) electrons. The molecular formula is C25H28N6O2. The number of nitrogens with two attached hydrogens (primary N) is 1. The monoisotopic (exact) mass is 444 g/mol. The van der Waals surface area contributed by atoms with Gasteiger partial charge < -0.3 is 20.5 Å². The summed E-state index contributed by atoms with van der Waals surface area (Å²) in [5, 5.41) is 18.4. The maximum atomic E-state index is 10.2. The van der Waals surface area contributed by atoms with E-state index in [0.717, 1.165) is 37.4 Å². The van der Waals surface area contributed by atoms with E-state index in [-0.39, 0.29) is 11.9 Å². The van der Waals surface area contributed by atoms with Crippen LogP contribution in [0.5, 0.6) is 11.5 Å². The fraction of sp³-hybridized carbons (Fsp3) is 0.320. The summed E-state index contributed by atoms with van der Waals surface area (Å²) < 4.78 is 6.21. The van der Waals surface area contributed by atoms with Gasteiger partial charge in [0.25, 0.3) is 0 Å². The van der Waals surface area contributed by atoms with Gasteiger partial charge in [-0.25, -0.2) is 4.98 Å². The summed E-state index contributed by atoms with van der Waals surface area (Å²) in [7, 11) is 3.96. The third kappa shape index (κ3) is 5.70. The van der Waals surface area contributed by atoms with Gasteiger partial charge in [-0.2, -0.15) is 0 Å². The Morgan fingerprint density at radius 2 is 1.94 bits per heavy atom. The van der Waals surface area contributed by atoms with Crippen molar-refractivity contribution < 1.29 is 9.84 Å². The molecule has 0 bridgehead atoms. The van der Waals surface area contributed by atoms with E-state index < -0.39 is 0 Å². The van der Waals surface area contributed by atoms with Crippen LogP contribution in [0, 0.1) is 11.8 Å². The van der Waals surface area contributed by atoms with Crippen molar-refractivity contribution in [1.82, 2.24) is 20.1 Å². The van der Waals surface area contributed by atoms with E-state index in [9.17, 15) is 5.11 Å². The van der Waals surface area contributed by atoms with E-state index in [4.69, 9.17) is 10.5 Å². The number of hydrogen-bond acceptors (Lipinski definition) is 8. The van der Waals surface area contributed by atoms with E-state index in [1.807, 2.05) is 49.3 Å². The molecule has 1 aliphatic heterocycles. The summed E-state index contributed by atoms with van der Waals surface area (Å²) in [6, 6.07) is 12.7. The van der Waals surface area contributed by atoms with Crippen LogP contribution in [-0.2, 0) is 0 Å². The number of aromatic nitrogens is 3. The number of para-hydroxylation sites is 1. The third-order valence-electron chi connectivity index (χ3n) is 5.41. The number of nitrogens with zero attached hydrogens (tertiary/aromatic N) is 5. The van der Waals surface area contributed by atoms with E-state index in [0.29, 0.717) is 29.3 Å². The zero-order chi connectivity index (χ0) is 23.2. The van der Waals surface area contributed by atoms with Crippen LogP contribution in [-0.4, -0.2) is 65.0 Å². The first-order valence-corrected chi connectivity index (χ1v) is 10.9. The summed E-state index contributed by atoms with van der Waals surface area (Å²) in [4.78, 5) is 8.51. The van der Waals surface area contributed by atoms with Gasteiger partial charge in [-0.05, 0) is 44.3 Å². The van der Waals surface area contributed by atoms with Crippen LogP contribution in [0.2, 0.25) is 0 Å². The number of rotatable bonds is 5. The van der Waals surface area contributed by atoms with Gasteiger partial charge in [-0.15, -0.1) is 10.2 Å². The van der Waals surface area contributed by atoms with E-state index in [1.54, 1.807) is 18.3 Å². The Labute approximate surface area is 194 Å². The van der Waals surface area contributed by atoms with Crippen molar-refractivity contribution in [1.29, 1.82) is 0 Å². The number of benzene rings is 1. The number of pyridine rings is 1. The molecule has 1 saturated heterocycles. The molecule has 0 aliphatic carbocycles. The molecule has 1 aliphatic rings. The van der Waals surface area contributed by atoms with E-state index >= 15 is 0 Å². The quantitative estimate of drug-likeness (QED) is 0.580. The van der Waals surface area contributed by atoms with E-state index in [2.05, 4.69) is 31.9 Å². The SMILES string of the molecule is CN(C)CC#Cc1cc(OC2CCN(c3cc(-c4ccccc4O)nnc3N)CC2)ccn1. The van der Waals surface area contributed by atoms with Crippen LogP contribution in [0.1, 0.15) is 18.5 Å². The van der Waals surface area contributed by atoms with Gasteiger partial charge in [-0.1, -0.05) is 18.1 Å². The molecule has 2 aromatic heterocycles. The number of nitrogen functional groups attached to an aromatic ring is 1. The average Bonchev–Trinajstić information content (AvgIpc) is 2.81. The van der Waals surface area contributed by atoms with Crippen LogP contribution < -0.4 is 15.4 Å². The Balaban J connectivity index is 1.40. The normalized spacial score (nSPS) is 14.1. The highest BCUT2D eigenvalue weighted by molar-refractivity contribution is 5.74. The molecule has 33 heavy (non-hydrogen) atoms. The molecule has 0 spiro atoms. The van der Waals surface area contributed by atoms with Gasteiger partial charge >= 0.3 is 0 Å². The third-order valence-corrected chi connectivity index (χ3v) is 5.41. The van der Waals surface area contributed by atoms with Crippen LogP contribution in [0.15, 0.2) is 48.7 Å². The second-order valence-electron chi connectivity index (χ2n) is 8.24. The molecule has 1 aromatic carbocycles. The Hall–Kier alpha value is -3.83. The Morgan fingerprint density at radius 3 is 2.70 bits per heavy atom. The first kappa shape index (κ1) is 22.4. The van der Waals surface area contributed by atoms with Crippen molar-refractivity contribution in [2.24, 2.45) is 0 Å². The maximum absolute atomic E-state index is 10.2. The fourth-order valence-electron chi connectivity index (χ4n) is 3.71. The number of ether oxygens (including phenoxy) is 1. The largest absolute Gasteiger partial charge is 0.507 e. The van der Waals surface area contributed by atoms with Crippen LogP contribution >= 0.6 is 0 Å². The predicted octanol–water partition coefficient (Wildman–Crippen LogP) is 2.79. The minimum absolute atomic E-state index is 0.0971. The zero-order valence-corrected chi connectivity index (χ0v) is 18.9. The Morgan fingerprint density at radius 1 is 1.15 bits per heavy atom. The molecule has 8 heteroatoms. The molecule has 1 fully saturated rings. The summed E-state index contributed by atoms with van der Waals surface area (Å²) in [6.07, 6.45) is 3.52. The molecule has 3 N–H and O–H groups in total. The molecule has 8 nitrogen and oxygen atoms in total. The number of aromatic hydroxyl groups is 1. The summed E-state index contributed by atoms with van der Waals surface area (Å²) in [5.41, 5.74) is 8.89. The van der Waals surface area contributed by atoms with Gasteiger partial charge in [0.1, 0.15) is 23.3 Å². The molecule has 0 amide bonds. The van der Waals surface area contributed by atoms with Gasteiger partial charge in [0.2, 0.25) is 0 Å². The van der Waals surface area contributed by atoms with Crippen molar-refractivity contribution in [3.63, 3.8) is 0 Å². The molecular weight excluding hydrogens is 416 g/mol. The first-order chi connectivity index (χ1) is 16.0. The van der Waals surface area contributed by atoms with Crippen molar-refractivity contribution in [3.8, 4) is 34.6 Å². The molecule has 3 heterocycles. The van der Waals surface area contributed by atoms with Gasteiger partial charge in [0.05, 0.1) is 17.9 Å². The standard InChI is InChI=1S/C25H28N6O2/c1-30(2)13-5-6-18-16-20(9-12-27-18)33-19-10-14-31(15-11-19)23-17-22(28-29-25(23)26)21-7-3-4-8-24(21)32/h3-4,7-9,12,16-17,19,32H,10-11,13-15H2,1-2H3,(H2,26,29). The van der Waals surface area contributed by atoms with Gasteiger partial charge in [0, 0.05) is 43.8 Å². The second-order valence-corrected chi connectivity index (χ2v) is 8.24. The van der Waals surface area contributed by atoms with Gasteiger partial charge in [-0.3, -0.25) is 4.90 Å². The van der Waals surface area contributed by atoms with Crippen LogP contribution in [0.25, 0.3) is 11.3 Å². The van der Waals surface area contributed by atoms with Gasteiger partial charge in [0.15, 0.2) is 5.82 Å². The lowest BCUT2D eigenvalue weighted by Gasteiger charge is -2.34. The van der Waals surface area contributed by atoms with Crippen LogP contribution in [0.4, 0.5) is 11.5 Å². The lowest BCUT2D eigenvalue weighted by Crippen LogP contribution is -2.38. The Kier molecular flexibility index (Phi) is 6.91. The highest BCUT2D eigenvalue weighted by Gasteiger charge is 2.23. The predicted molar refractivity (Wildman–Crippen MR) is 129 cm³/mol. The topological polar surface area (TPSA) is 101 Å². The number of hydrogen-bond donors (Lipinski definition) is 2. The number of anilines is 2. The minimum atomic E-state index is 0.0971. The average molecular weight is 445 g/mol. The van der Waals surface area contributed by atoms with Crippen LogP contribution in [0.3, 0.4) is 0 Å². The smallest absolute Gasteiger partial charge is 0.169 e. The maximum Gasteiger partial charge on any atom is 0.169 e. The highest BCUT2D eigenvalue weighted by Crippen LogP contribution is 2.32. The number of phenols is 1. The molecule has 170 valence electrons. The molecule has 0 atom stereocenters. The number of piperidine rings is 1. The summed E-state index contributed by atoms with van der Waals surface area (Å²) in [5.74, 6) is 7.49. The fourth-order valence-corrected chi connectivity index (χ4v) is 3.71. The highest BCUT2D eigenvalue weighted by atomic mass is 16.5. The molecule has 4 rings (SSSR count). The zero-order valence-electron chi connectivity index (χ0n) is 18.9. The summed E-state index contributed by atoms with van der Waals surface area (Å²) in [6.45, 7) is 2.24. The number of phenolic OH excluding ortho intramolecular Hbond substituents is 1.